The van der Waals surface area contributed by atoms with Crippen molar-refractivity contribution in [2.45, 2.75) is 38.5 Å². The topological polar surface area (TPSA) is 86.8 Å². The fourth-order valence-electron chi connectivity index (χ4n) is 3.81. The molecule has 26 heavy (non-hydrogen) atoms. The molecule has 2 aliphatic rings. The van der Waals surface area contributed by atoms with Gasteiger partial charge in [-0.2, -0.15) is 0 Å². The molecule has 1 amide bonds. The Morgan fingerprint density at radius 1 is 1.38 bits per heavy atom. The van der Waals surface area contributed by atoms with Crippen molar-refractivity contribution in [2.75, 3.05) is 44.7 Å². The van der Waals surface area contributed by atoms with Crippen LogP contribution < -0.4 is 16.0 Å². The number of nitrogens with one attached hydrogen (secondary N) is 1. The molecular formula is C18H30N6OS. The minimum atomic E-state index is -0.211. The molecule has 1 aromatic heterocycles. The zero-order chi connectivity index (χ0) is 18.4. The maximum Gasteiger partial charge on any atom is 0.217 e. The third-order valence-corrected chi connectivity index (χ3v) is 6.05. The lowest BCUT2D eigenvalue weighted by Crippen LogP contribution is -2.47. The van der Waals surface area contributed by atoms with Crippen molar-refractivity contribution >= 4 is 28.3 Å². The van der Waals surface area contributed by atoms with E-state index in [0.717, 1.165) is 68.8 Å². The van der Waals surface area contributed by atoms with Crippen LogP contribution in [0.3, 0.4) is 0 Å². The Hall–Kier alpha value is -1.83. The SMILES string of the molecule is CN=C(NCCc1csc(N2CCCC2)n1)N1CCCC(CC(N)=O)C1. The molecule has 144 valence electrons. The van der Waals surface area contributed by atoms with Gasteiger partial charge in [-0.25, -0.2) is 4.98 Å². The van der Waals surface area contributed by atoms with Gasteiger partial charge in [0, 0.05) is 58.0 Å². The first kappa shape index (κ1) is 18.9. The van der Waals surface area contributed by atoms with Crippen LogP contribution in [-0.4, -0.2) is 61.5 Å². The van der Waals surface area contributed by atoms with Crippen LogP contribution in [0.25, 0.3) is 0 Å². The summed E-state index contributed by atoms with van der Waals surface area (Å²) < 4.78 is 0. The van der Waals surface area contributed by atoms with Gasteiger partial charge in [-0.1, -0.05) is 0 Å². The second-order valence-corrected chi connectivity index (χ2v) is 8.00. The number of guanidine groups is 1. The number of likely N-dealkylation sites (tertiary alicyclic amines) is 1. The summed E-state index contributed by atoms with van der Waals surface area (Å²) in [4.78, 5) is 25.0. The number of amides is 1. The molecule has 0 radical (unpaired) electrons. The number of aromatic nitrogens is 1. The van der Waals surface area contributed by atoms with E-state index in [-0.39, 0.29) is 5.91 Å². The lowest BCUT2D eigenvalue weighted by Gasteiger charge is -2.34. The summed E-state index contributed by atoms with van der Waals surface area (Å²) in [6.45, 7) is 4.91. The highest BCUT2D eigenvalue weighted by atomic mass is 32.1. The van der Waals surface area contributed by atoms with E-state index < -0.39 is 0 Å². The maximum atomic E-state index is 11.2. The summed E-state index contributed by atoms with van der Waals surface area (Å²) in [6, 6.07) is 0. The molecule has 1 atom stereocenters. The minimum absolute atomic E-state index is 0.211. The molecule has 2 saturated heterocycles. The van der Waals surface area contributed by atoms with E-state index >= 15 is 0 Å². The van der Waals surface area contributed by atoms with E-state index in [2.05, 4.69) is 25.5 Å². The highest BCUT2D eigenvalue weighted by Gasteiger charge is 2.23. The molecule has 0 saturated carbocycles. The molecule has 0 spiro atoms. The Balaban J connectivity index is 1.46. The van der Waals surface area contributed by atoms with E-state index in [1.807, 2.05) is 7.05 Å². The number of carbonyl (C=O) groups excluding carboxylic acids is 1. The molecule has 3 heterocycles. The highest BCUT2D eigenvalue weighted by molar-refractivity contribution is 7.13. The van der Waals surface area contributed by atoms with Gasteiger partial charge < -0.3 is 20.9 Å². The first-order valence-corrected chi connectivity index (χ1v) is 10.5. The summed E-state index contributed by atoms with van der Waals surface area (Å²) in [5.41, 5.74) is 6.50. The van der Waals surface area contributed by atoms with Crippen molar-refractivity contribution in [2.24, 2.45) is 16.6 Å². The smallest absolute Gasteiger partial charge is 0.217 e. The van der Waals surface area contributed by atoms with Gasteiger partial charge in [0.05, 0.1) is 5.69 Å². The lowest BCUT2D eigenvalue weighted by atomic mass is 9.95. The summed E-state index contributed by atoms with van der Waals surface area (Å²) in [7, 11) is 1.81. The summed E-state index contributed by atoms with van der Waals surface area (Å²) in [5, 5.41) is 6.78. The molecule has 7 nitrogen and oxygen atoms in total. The maximum absolute atomic E-state index is 11.2. The Morgan fingerprint density at radius 2 is 2.19 bits per heavy atom. The van der Waals surface area contributed by atoms with Crippen LogP contribution >= 0.6 is 11.3 Å². The zero-order valence-corrected chi connectivity index (χ0v) is 16.4. The number of nitrogens with two attached hydrogens (primary N) is 1. The molecule has 8 heteroatoms. The van der Waals surface area contributed by atoms with E-state index in [4.69, 9.17) is 10.7 Å². The van der Waals surface area contributed by atoms with Gasteiger partial charge in [0.2, 0.25) is 5.91 Å². The minimum Gasteiger partial charge on any atom is -0.370 e. The average Bonchev–Trinajstić information content (AvgIpc) is 3.30. The molecular weight excluding hydrogens is 348 g/mol. The molecule has 3 N–H and O–H groups in total. The lowest BCUT2D eigenvalue weighted by molar-refractivity contribution is -0.119. The molecule has 2 fully saturated rings. The number of thiazole rings is 1. The number of anilines is 1. The molecule has 0 aromatic carbocycles. The van der Waals surface area contributed by atoms with Crippen LogP contribution in [0.1, 0.15) is 37.8 Å². The van der Waals surface area contributed by atoms with Gasteiger partial charge in [0.1, 0.15) is 0 Å². The number of piperidine rings is 1. The number of aliphatic imine (C=N–C) groups is 1. The van der Waals surface area contributed by atoms with Crippen LogP contribution in [0, 0.1) is 5.92 Å². The monoisotopic (exact) mass is 378 g/mol. The van der Waals surface area contributed by atoms with Crippen molar-refractivity contribution in [1.29, 1.82) is 0 Å². The van der Waals surface area contributed by atoms with Crippen molar-refractivity contribution < 1.29 is 4.79 Å². The predicted octanol–water partition coefficient (Wildman–Crippen LogP) is 1.45. The Kier molecular flexibility index (Phi) is 6.71. The fourth-order valence-corrected chi connectivity index (χ4v) is 4.72. The fraction of sp³-hybridized carbons (Fsp3) is 0.722. The van der Waals surface area contributed by atoms with Gasteiger partial charge in [-0.3, -0.25) is 9.79 Å². The van der Waals surface area contributed by atoms with E-state index in [1.54, 1.807) is 11.3 Å². The van der Waals surface area contributed by atoms with Gasteiger partial charge in [0.25, 0.3) is 0 Å². The number of nitrogens with zero attached hydrogens (tertiary/aromatic N) is 4. The standard InChI is InChI=1S/C18H30N6OS/c1-20-17(24-10-4-5-14(12-24)11-16(19)25)21-7-6-15-13-26-18(22-15)23-8-2-3-9-23/h13-14H,2-12H2,1H3,(H2,19,25)(H,20,21). The van der Waals surface area contributed by atoms with Gasteiger partial charge in [-0.15, -0.1) is 11.3 Å². The molecule has 1 aromatic rings. The Morgan fingerprint density at radius 3 is 2.92 bits per heavy atom. The van der Waals surface area contributed by atoms with Crippen molar-refractivity contribution in [3.8, 4) is 0 Å². The predicted molar refractivity (Wildman–Crippen MR) is 107 cm³/mol. The van der Waals surface area contributed by atoms with Crippen molar-refractivity contribution in [3.63, 3.8) is 0 Å². The summed E-state index contributed by atoms with van der Waals surface area (Å²) in [5.74, 6) is 1.03. The van der Waals surface area contributed by atoms with Crippen molar-refractivity contribution in [1.82, 2.24) is 15.2 Å². The largest absolute Gasteiger partial charge is 0.370 e. The van der Waals surface area contributed by atoms with Crippen LogP contribution in [0.4, 0.5) is 5.13 Å². The average molecular weight is 379 g/mol. The molecule has 1 unspecified atom stereocenters. The first-order valence-electron chi connectivity index (χ1n) is 9.59. The van der Waals surface area contributed by atoms with Crippen LogP contribution in [0.2, 0.25) is 0 Å². The summed E-state index contributed by atoms with van der Waals surface area (Å²) >= 11 is 1.75. The van der Waals surface area contributed by atoms with Gasteiger partial charge in [0.15, 0.2) is 11.1 Å². The molecule has 3 rings (SSSR count). The van der Waals surface area contributed by atoms with E-state index in [9.17, 15) is 4.79 Å². The van der Waals surface area contributed by atoms with Crippen LogP contribution in [0.15, 0.2) is 10.4 Å². The second kappa shape index (κ2) is 9.21. The number of rotatable bonds is 6. The van der Waals surface area contributed by atoms with Crippen LogP contribution in [0.5, 0.6) is 0 Å². The Bertz CT molecular complexity index is 625. The normalized spacial score (nSPS) is 21.3. The molecule has 0 aliphatic carbocycles. The number of carbonyl (C=O) groups is 1. The third-order valence-electron chi connectivity index (χ3n) is 5.10. The zero-order valence-electron chi connectivity index (χ0n) is 15.6. The highest BCUT2D eigenvalue weighted by Crippen LogP contribution is 2.24. The first-order chi connectivity index (χ1) is 12.7. The van der Waals surface area contributed by atoms with E-state index in [1.165, 1.54) is 12.8 Å². The second-order valence-electron chi connectivity index (χ2n) is 7.16. The Labute approximate surface area is 159 Å². The quantitative estimate of drug-likeness (QED) is 0.578. The van der Waals surface area contributed by atoms with Crippen molar-refractivity contribution in [3.05, 3.63) is 11.1 Å². The molecule has 2 aliphatic heterocycles. The van der Waals surface area contributed by atoms with Gasteiger partial charge >= 0.3 is 0 Å². The van der Waals surface area contributed by atoms with E-state index in [0.29, 0.717) is 12.3 Å². The summed E-state index contributed by atoms with van der Waals surface area (Å²) in [6.07, 6.45) is 6.05. The number of hydrogen-bond acceptors (Lipinski definition) is 5. The third kappa shape index (κ3) is 5.09. The van der Waals surface area contributed by atoms with Gasteiger partial charge in [-0.05, 0) is 31.6 Å². The number of primary amides is 1. The van der Waals surface area contributed by atoms with Crippen LogP contribution in [-0.2, 0) is 11.2 Å². The molecule has 0 bridgehead atoms. The number of hydrogen-bond donors (Lipinski definition) is 2.